The second-order valence-corrected chi connectivity index (χ2v) is 6.71. The Morgan fingerprint density at radius 2 is 1.91 bits per heavy atom. The van der Waals surface area contributed by atoms with Gasteiger partial charge in [0.25, 0.3) is 5.91 Å². The van der Waals surface area contributed by atoms with Crippen molar-refractivity contribution in [2.24, 2.45) is 0 Å². The van der Waals surface area contributed by atoms with Crippen molar-refractivity contribution in [1.82, 2.24) is 9.80 Å². The van der Waals surface area contributed by atoms with Gasteiger partial charge in [0.15, 0.2) is 0 Å². The summed E-state index contributed by atoms with van der Waals surface area (Å²) in [6.45, 7) is 5.83. The number of morpholine rings is 1. The van der Waals surface area contributed by atoms with Crippen LogP contribution in [0.15, 0.2) is 30.3 Å². The first-order chi connectivity index (χ1) is 10.6. The number of rotatable bonds is 3. The van der Waals surface area contributed by atoms with E-state index in [-0.39, 0.29) is 17.6 Å². The molecule has 0 aliphatic carbocycles. The molecule has 4 nitrogen and oxygen atoms in total. The zero-order valence-electron chi connectivity index (χ0n) is 13.6. The molecule has 2 aliphatic rings. The van der Waals surface area contributed by atoms with Gasteiger partial charge in [-0.05, 0) is 31.7 Å². The van der Waals surface area contributed by atoms with E-state index < -0.39 is 0 Å². The maximum Gasteiger partial charge on any atom is 0.251 e. The molecule has 1 unspecified atom stereocenters. The summed E-state index contributed by atoms with van der Waals surface area (Å²) in [5.74, 6) is 0.108. The number of hydrogen-bond donors (Lipinski definition) is 0. The molecule has 120 valence electrons. The van der Waals surface area contributed by atoms with Crippen LogP contribution in [0.4, 0.5) is 0 Å². The minimum absolute atomic E-state index is 0.108. The number of amides is 1. The van der Waals surface area contributed by atoms with Crippen molar-refractivity contribution < 1.29 is 9.53 Å². The summed E-state index contributed by atoms with van der Waals surface area (Å²) in [7, 11) is 1.89. The smallest absolute Gasteiger partial charge is 0.251 e. The van der Waals surface area contributed by atoms with Gasteiger partial charge in [0.2, 0.25) is 0 Å². The van der Waals surface area contributed by atoms with Gasteiger partial charge in [-0.25, -0.2) is 0 Å². The maximum atomic E-state index is 11.9. The Labute approximate surface area is 133 Å². The van der Waals surface area contributed by atoms with Crippen molar-refractivity contribution in [2.75, 3.05) is 33.2 Å². The minimum atomic E-state index is -0.297. The molecular formula is C18H26N2O2. The third-order valence-corrected chi connectivity index (χ3v) is 5.00. The number of hydrogen-bond acceptors (Lipinski definition) is 3. The molecule has 3 rings (SSSR count). The maximum absolute atomic E-state index is 11.9. The van der Waals surface area contributed by atoms with E-state index in [9.17, 15) is 4.79 Å². The Morgan fingerprint density at radius 1 is 1.23 bits per heavy atom. The molecule has 2 aliphatic heterocycles. The molecule has 1 aromatic rings. The van der Waals surface area contributed by atoms with Crippen molar-refractivity contribution in [3.63, 3.8) is 0 Å². The Balaban J connectivity index is 1.51. The van der Waals surface area contributed by atoms with Crippen molar-refractivity contribution in [2.45, 2.75) is 37.9 Å². The fourth-order valence-electron chi connectivity index (χ4n) is 3.68. The Kier molecular flexibility index (Phi) is 4.50. The quantitative estimate of drug-likeness (QED) is 0.855. The number of nitrogens with zero attached hydrogens (tertiary/aromatic N) is 2. The second-order valence-electron chi connectivity index (χ2n) is 6.71. The highest BCUT2D eigenvalue weighted by Crippen LogP contribution is 2.32. The van der Waals surface area contributed by atoms with Crippen molar-refractivity contribution >= 4 is 5.91 Å². The van der Waals surface area contributed by atoms with Gasteiger partial charge in [-0.15, -0.1) is 0 Å². The zero-order valence-corrected chi connectivity index (χ0v) is 13.6. The highest BCUT2D eigenvalue weighted by Gasteiger charge is 2.43. The third-order valence-electron chi connectivity index (χ3n) is 5.00. The van der Waals surface area contributed by atoms with Crippen molar-refractivity contribution in [1.29, 1.82) is 0 Å². The van der Waals surface area contributed by atoms with Gasteiger partial charge < -0.3 is 14.5 Å². The highest BCUT2D eigenvalue weighted by atomic mass is 16.5. The molecule has 0 radical (unpaired) electrons. The van der Waals surface area contributed by atoms with Crippen molar-refractivity contribution in [3.8, 4) is 0 Å². The van der Waals surface area contributed by atoms with E-state index in [0.717, 1.165) is 45.4 Å². The number of carbonyl (C=O) groups is 1. The van der Waals surface area contributed by atoms with Gasteiger partial charge >= 0.3 is 0 Å². The molecule has 2 saturated heterocycles. The summed E-state index contributed by atoms with van der Waals surface area (Å²) in [5, 5.41) is 0. The van der Waals surface area contributed by atoms with E-state index in [0.29, 0.717) is 0 Å². The lowest BCUT2D eigenvalue weighted by Crippen LogP contribution is -2.60. The second kappa shape index (κ2) is 6.39. The van der Waals surface area contributed by atoms with Crippen LogP contribution in [0.2, 0.25) is 0 Å². The SMILES string of the molecule is CC1OC2(CCN(CCc3ccccc3)CC2)CN(C)C1=O. The van der Waals surface area contributed by atoms with Crippen LogP contribution in [-0.2, 0) is 16.0 Å². The average Bonchev–Trinajstić information content (AvgIpc) is 2.53. The van der Waals surface area contributed by atoms with Crippen molar-refractivity contribution in [3.05, 3.63) is 35.9 Å². The normalized spacial score (nSPS) is 25.6. The fraction of sp³-hybridized carbons (Fsp3) is 0.611. The summed E-state index contributed by atoms with van der Waals surface area (Å²) < 4.78 is 6.09. The minimum Gasteiger partial charge on any atom is -0.360 e. The van der Waals surface area contributed by atoms with E-state index in [1.54, 1.807) is 0 Å². The molecule has 1 atom stereocenters. The molecule has 0 bridgehead atoms. The van der Waals surface area contributed by atoms with Crippen LogP contribution in [-0.4, -0.2) is 60.6 Å². The first-order valence-electron chi connectivity index (χ1n) is 8.27. The predicted octanol–water partition coefficient (Wildman–Crippen LogP) is 1.94. The number of likely N-dealkylation sites (N-methyl/N-ethyl adjacent to an activating group) is 1. The number of benzene rings is 1. The molecule has 2 heterocycles. The van der Waals surface area contributed by atoms with E-state index in [4.69, 9.17) is 4.74 Å². The highest BCUT2D eigenvalue weighted by molar-refractivity contribution is 5.81. The van der Waals surface area contributed by atoms with Gasteiger partial charge in [-0.3, -0.25) is 4.79 Å². The van der Waals surface area contributed by atoms with E-state index >= 15 is 0 Å². The topological polar surface area (TPSA) is 32.8 Å². The first kappa shape index (κ1) is 15.5. The van der Waals surface area contributed by atoms with E-state index in [2.05, 4.69) is 35.2 Å². The van der Waals surface area contributed by atoms with Crippen LogP contribution in [0.1, 0.15) is 25.3 Å². The molecule has 22 heavy (non-hydrogen) atoms. The summed E-state index contributed by atoms with van der Waals surface area (Å²) in [6, 6.07) is 10.7. The summed E-state index contributed by atoms with van der Waals surface area (Å²) >= 11 is 0. The molecule has 4 heteroatoms. The lowest BCUT2D eigenvalue weighted by molar-refractivity contribution is -0.186. The lowest BCUT2D eigenvalue weighted by atomic mass is 9.88. The molecule has 1 aromatic carbocycles. The predicted molar refractivity (Wildman–Crippen MR) is 86.7 cm³/mol. The summed E-state index contributed by atoms with van der Waals surface area (Å²) in [4.78, 5) is 16.2. The number of ether oxygens (including phenoxy) is 1. The van der Waals surface area contributed by atoms with E-state index in [1.807, 2.05) is 18.9 Å². The monoisotopic (exact) mass is 302 g/mol. The number of likely N-dealkylation sites (tertiary alicyclic amines) is 1. The van der Waals surface area contributed by atoms with E-state index in [1.165, 1.54) is 5.56 Å². The molecule has 0 aromatic heterocycles. The van der Waals surface area contributed by atoms with Gasteiger partial charge in [-0.1, -0.05) is 30.3 Å². The van der Waals surface area contributed by atoms with Gasteiger partial charge in [0.05, 0.1) is 5.60 Å². The fourth-order valence-corrected chi connectivity index (χ4v) is 3.68. The lowest BCUT2D eigenvalue weighted by Gasteiger charge is -2.48. The van der Waals surface area contributed by atoms with Gasteiger partial charge in [0.1, 0.15) is 6.10 Å². The molecule has 2 fully saturated rings. The Morgan fingerprint density at radius 3 is 2.55 bits per heavy atom. The van der Waals surface area contributed by atoms with Gasteiger partial charge in [0, 0.05) is 33.2 Å². The average molecular weight is 302 g/mol. The Bertz CT molecular complexity index is 493. The van der Waals surface area contributed by atoms with Crippen LogP contribution in [0.5, 0.6) is 0 Å². The van der Waals surface area contributed by atoms with Crippen LogP contribution in [0.25, 0.3) is 0 Å². The Hall–Kier alpha value is -1.39. The molecule has 1 spiro atoms. The number of piperidine rings is 1. The molecular weight excluding hydrogens is 276 g/mol. The third kappa shape index (κ3) is 3.33. The number of carbonyl (C=O) groups excluding carboxylic acids is 1. The summed E-state index contributed by atoms with van der Waals surface area (Å²) in [5.41, 5.74) is 1.28. The largest absolute Gasteiger partial charge is 0.360 e. The molecule has 0 N–H and O–H groups in total. The first-order valence-corrected chi connectivity index (χ1v) is 8.27. The van der Waals surface area contributed by atoms with Gasteiger partial charge in [-0.2, -0.15) is 0 Å². The zero-order chi connectivity index (χ0) is 15.6. The van der Waals surface area contributed by atoms with Crippen LogP contribution >= 0.6 is 0 Å². The standard InChI is InChI=1S/C18H26N2O2/c1-15-17(21)19(2)14-18(22-15)9-12-20(13-10-18)11-8-16-6-4-3-5-7-16/h3-7,15H,8-14H2,1-2H3. The van der Waals surface area contributed by atoms with Crippen LogP contribution in [0, 0.1) is 0 Å². The molecule has 0 saturated carbocycles. The molecule has 1 amide bonds. The van der Waals surface area contributed by atoms with Crippen LogP contribution < -0.4 is 0 Å². The van der Waals surface area contributed by atoms with Crippen LogP contribution in [0.3, 0.4) is 0 Å². The summed E-state index contributed by atoms with van der Waals surface area (Å²) in [6.07, 6.45) is 2.84.